The summed E-state index contributed by atoms with van der Waals surface area (Å²) in [4.78, 5) is 19.0. The van der Waals surface area contributed by atoms with Crippen LogP contribution in [0.15, 0.2) is 54.9 Å². The number of hydrogen-bond acceptors (Lipinski definition) is 7. The molecule has 4 rings (SSSR count). The average molecular weight is 531 g/mol. The molecule has 2 aromatic carbocycles. The molecule has 1 aromatic heterocycles. The van der Waals surface area contributed by atoms with Crippen LogP contribution in [0.3, 0.4) is 0 Å². The lowest BCUT2D eigenvalue weighted by Gasteiger charge is -2.25. The van der Waals surface area contributed by atoms with Gasteiger partial charge in [-0.25, -0.2) is 9.97 Å². The van der Waals surface area contributed by atoms with Crippen LogP contribution in [0.1, 0.15) is 48.5 Å². The van der Waals surface area contributed by atoms with Crippen molar-refractivity contribution in [1.82, 2.24) is 9.97 Å². The molecule has 5 N–H and O–H groups in total. The Kier molecular flexibility index (Phi) is 8.48. The number of rotatable bonds is 10. The van der Waals surface area contributed by atoms with Crippen molar-refractivity contribution < 1.29 is 32.5 Å². The van der Waals surface area contributed by atoms with Crippen molar-refractivity contribution in [2.24, 2.45) is 11.5 Å². The van der Waals surface area contributed by atoms with E-state index in [0.29, 0.717) is 22.4 Å². The maximum absolute atomic E-state index is 14.3. The Hall–Kier alpha value is -3.70. The summed E-state index contributed by atoms with van der Waals surface area (Å²) in [7, 11) is 0. The lowest BCUT2D eigenvalue weighted by Crippen LogP contribution is -2.32. The van der Waals surface area contributed by atoms with Crippen LogP contribution >= 0.6 is 0 Å². The number of carboxylic acids is 1. The van der Waals surface area contributed by atoms with Crippen LogP contribution in [0.2, 0.25) is 0 Å². The van der Waals surface area contributed by atoms with E-state index in [1.807, 2.05) is 0 Å². The molecule has 0 spiro atoms. The number of aliphatic carboxylic acids is 1. The Labute approximate surface area is 217 Å². The van der Waals surface area contributed by atoms with Gasteiger partial charge in [0.15, 0.2) is 0 Å². The number of hydrogen-bond donors (Lipinski definition) is 3. The Morgan fingerprint density at radius 2 is 1.74 bits per heavy atom. The SMILES string of the molecule is NCc1ccc(C(Oc2cc(-c3ccc(CC(N)C(=O)O)cc3)ncn2)C(F)(F)F)c(OC2CCCC2)c1. The molecule has 1 saturated carbocycles. The van der Waals surface area contributed by atoms with Crippen molar-refractivity contribution in [2.45, 2.75) is 63.1 Å². The number of halogens is 3. The van der Waals surface area contributed by atoms with E-state index < -0.39 is 24.3 Å². The summed E-state index contributed by atoms with van der Waals surface area (Å²) in [5.74, 6) is -1.27. The zero-order valence-corrected chi connectivity index (χ0v) is 20.5. The van der Waals surface area contributed by atoms with E-state index >= 15 is 0 Å². The van der Waals surface area contributed by atoms with Gasteiger partial charge in [-0.1, -0.05) is 36.4 Å². The normalized spacial score (nSPS) is 15.7. The van der Waals surface area contributed by atoms with E-state index in [-0.39, 0.29) is 36.3 Å². The highest BCUT2D eigenvalue weighted by Crippen LogP contribution is 2.42. The minimum atomic E-state index is -4.76. The summed E-state index contributed by atoms with van der Waals surface area (Å²) in [5, 5.41) is 8.98. The summed E-state index contributed by atoms with van der Waals surface area (Å²) in [6, 6.07) is 11.4. The van der Waals surface area contributed by atoms with Crippen molar-refractivity contribution in [1.29, 1.82) is 0 Å². The van der Waals surface area contributed by atoms with Gasteiger partial charge in [-0.05, 0) is 49.3 Å². The van der Waals surface area contributed by atoms with Crippen molar-refractivity contribution in [3.63, 3.8) is 0 Å². The zero-order chi connectivity index (χ0) is 27.3. The second-order valence-corrected chi connectivity index (χ2v) is 9.23. The topological polar surface area (TPSA) is 134 Å². The number of aromatic nitrogens is 2. The molecule has 2 unspecified atom stereocenters. The van der Waals surface area contributed by atoms with Gasteiger partial charge in [0.2, 0.25) is 12.0 Å². The molecular weight excluding hydrogens is 501 g/mol. The van der Waals surface area contributed by atoms with Crippen molar-refractivity contribution in [3.8, 4) is 22.9 Å². The maximum atomic E-state index is 14.3. The quantitative estimate of drug-likeness (QED) is 0.347. The Bertz CT molecular complexity index is 1250. The summed E-state index contributed by atoms with van der Waals surface area (Å²) in [6.45, 7) is 0.162. The molecule has 202 valence electrons. The standard InChI is InChI=1S/C27H29F3N4O4/c28-27(29,30)25(20-10-7-17(14-31)12-23(20)37-19-3-1-2-4-19)38-24-13-22(33-15-34-24)18-8-5-16(6-9-18)11-21(32)26(35)36/h5-10,12-13,15,19,21,25H,1-4,11,14,31-32H2,(H,35,36). The molecule has 0 bridgehead atoms. The Morgan fingerprint density at radius 1 is 1.05 bits per heavy atom. The molecule has 11 heteroatoms. The molecule has 1 heterocycles. The lowest BCUT2D eigenvalue weighted by atomic mass is 10.0. The smallest absolute Gasteiger partial charge is 0.429 e. The predicted octanol–water partition coefficient (Wildman–Crippen LogP) is 4.56. The van der Waals surface area contributed by atoms with Crippen LogP contribution in [0.4, 0.5) is 13.2 Å². The van der Waals surface area contributed by atoms with Crippen LogP contribution in [0.25, 0.3) is 11.3 Å². The van der Waals surface area contributed by atoms with Gasteiger partial charge in [-0.2, -0.15) is 13.2 Å². The van der Waals surface area contributed by atoms with E-state index in [4.69, 9.17) is 26.0 Å². The van der Waals surface area contributed by atoms with Crippen LogP contribution < -0.4 is 20.9 Å². The van der Waals surface area contributed by atoms with Gasteiger partial charge in [0.1, 0.15) is 18.1 Å². The van der Waals surface area contributed by atoms with Gasteiger partial charge in [-0.3, -0.25) is 4.79 Å². The van der Waals surface area contributed by atoms with E-state index in [0.717, 1.165) is 32.0 Å². The van der Waals surface area contributed by atoms with Crippen molar-refractivity contribution in [3.05, 3.63) is 71.5 Å². The van der Waals surface area contributed by atoms with E-state index in [1.165, 1.54) is 18.2 Å². The molecular formula is C27H29F3N4O4. The molecule has 8 nitrogen and oxygen atoms in total. The van der Waals surface area contributed by atoms with Gasteiger partial charge in [0.25, 0.3) is 0 Å². The molecule has 1 fully saturated rings. The van der Waals surface area contributed by atoms with E-state index in [2.05, 4.69) is 9.97 Å². The van der Waals surface area contributed by atoms with Crippen LogP contribution in [-0.2, 0) is 17.8 Å². The molecule has 3 aromatic rings. The van der Waals surface area contributed by atoms with Gasteiger partial charge in [0.05, 0.1) is 11.8 Å². The highest BCUT2D eigenvalue weighted by atomic mass is 19.4. The third-order valence-corrected chi connectivity index (χ3v) is 6.39. The average Bonchev–Trinajstić information content (AvgIpc) is 3.40. The molecule has 0 radical (unpaired) electrons. The minimum absolute atomic E-state index is 0.103. The Morgan fingerprint density at radius 3 is 2.37 bits per heavy atom. The first-order valence-corrected chi connectivity index (χ1v) is 12.3. The highest BCUT2D eigenvalue weighted by molar-refractivity contribution is 5.73. The maximum Gasteiger partial charge on any atom is 0.429 e. The lowest BCUT2D eigenvalue weighted by molar-refractivity contribution is -0.199. The summed E-state index contributed by atoms with van der Waals surface area (Å²) < 4.78 is 54.3. The zero-order valence-electron chi connectivity index (χ0n) is 20.5. The van der Waals surface area contributed by atoms with Crippen molar-refractivity contribution in [2.75, 3.05) is 0 Å². The fourth-order valence-electron chi connectivity index (χ4n) is 4.35. The fraction of sp³-hybridized carbons (Fsp3) is 0.370. The monoisotopic (exact) mass is 530 g/mol. The molecule has 0 aliphatic heterocycles. The highest BCUT2D eigenvalue weighted by Gasteiger charge is 2.45. The predicted molar refractivity (Wildman–Crippen MR) is 133 cm³/mol. The number of carbonyl (C=O) groups is 1. The summed E-state index contributed by atoms with van der Waals surface area (Å²) >= 11 is 0. The largest absolute Gasteiger partial charge is 0.490 e. The number of carboxylic acid groups (broad SMARTS) is 1. The molecule has 1 aliphatic carbocycles. The van der Waals surface area contributed by atoms with E-state index in [1.54, 1.807) is 30.3 Å². The number of alkyl halides is 3. The first-order valence-electron chi connectivity index (χ1n) is 12.3. The summed E-state index contributed by atoms with van der Waals surface area (Å²) in [5.41, 5.74) is 13.4. The van der Waals surface area contributed by atoms with Crippen molar-refractivity contribution >= 4 is 5.97 Å². The molecule has 0 saturated heterocycles. The van der Waals surface area contributed by atoms with E-state index in [9.17, 15) is 18.0 Å². The first kappa shape index (κ1) is 27.3. The van der Waals surface area contributed by atoms with Gasteiger partial charge in [-0.15, -0.1) is 0 Å². The minimum Gasteiger partial charge on any atom is -0.490 e. The molecule has 0 amide bonds. The fourth-order valence-corrected chi connectivity index (χ4v) is 4.35. The second-order valence-electron chi connectivity index (χ2n) is 9.23. The third-order valence-electron chi connectivity index (χ3n) is 6.39. The molecule has 1 aliphatic rings. The third kappa shape index (κ3) is 6.78. The summed E-state index contributed by atoms with van der Waals surface area (Å²) in [6.07, 6.45) is -2.49. The number of nitrogens with zero attached hydrogens (tertiary/aromatic N) is 2. The Balaban J connectivity index is 1.60. The second kappa shape index (κ2) is 11.8. The van der Waals surface area contributed by atoms with Crippen LogP contribution in [0.5, 0.6) is 11.6 Å². The van der Waals surface area contributed by atoms with Crippen LogP contribution in [-0.4, -0.2) is 39.4 Å². The van der Waals surface area contributed by atoms with Gasteiger partial charge < -0.3 is 26.0 Å². The van der Waals surface area contributed by atoms with Crippen LogP contribution in [0, 0.1) is 0 Å². The van der Waals surface area contributed by atoms with Gasteiger partial charge in [0, 0.05) is 23.7 Å². The number of nitrogens with two attached hydrogens (primary N) is 2. The molecule has 2 atom stereocenters. The molecule has 38 heavy (non-hydrogen) atoms. The van der Waals surface area contributed by atoms with Gasteiger partial charge >= 0.3 is 12.1 Å². The first-order chi connectivity index (χ1) is 18.1. The number of ether oxygens (including phenoxy) is 2. The number of benzene rings is 2.